The van der Waals surface area contributed by atoms with Crippen LogP contribution in [0.15, 0.2) is 61.1 Å². The lowest BCUT2D eigenvalue weighted by Crippen LogP contribution is -2.34. The van der Waals surface area contributed by atoms with E-state index in [9.17, 15) is 9.18 Å². The summed E-state index contributed by atoms with van der Waals surface area (Å²) in [5.41, 5.74) is 3.75. The topological polar surface area (TPSA) is 66.8 Å². The van der Waals surface area contributed by atoms with Gasteiger partial charge in [-0.1, -0.05) is 6.07 Å². The molecule has 1 amide bonds. The molecule has 1 aliphatic heterocycles. The van der Waals surface area contributed by atoms with Crippen molar-refractivity contribution >= 4 is 16.8 Å². The number of H-pyrrole nitrogens is 1. The van der Waals surface area contributed by atoms with E-state index >= 15 is 0 Å². The Bertz CT molecular complexity index is 1180. The number of nitrogens with one attached hydrogen (secondary N) is 1. The quantitative estimate of drug-likeness (QED) is 0.557. The molecule has 0 spiro atoms. The Morgan fingerprint density at radius 1 is 1.17 bits per heavy atom. The highest BCUT2D eigenvalue weighted by Gasteiger charge is 2.33. The molecular formula is C23H22FN5O. The molecule has 30 heavy (non-hydrogen) atoms. The van der Waals surface area contributed by atoms with Gasteiger partial charge in [0.1, 0.15) is 5.82 Å². The Kier molecular flexibility index (Phi) is 4.58. The average Bonchev–Trinajstić information content (AvgIpc) is 3.49. The first-order valence-electron chi connectivity index (χ1n) is 10.1. The molecule has 2 atom stereocenters. The number of fused-ring (bicyclic) bond motifs is 1. The molecule has 1 aliphatic rings. The maximum Gasteiger partial charge on any atom is 0.254 e. The van der Waals surface area contributed by atoms with Crippen LogP contribution in [0.3, 0.4) is 0 Å². The lowest BCUT2D eigenvalue weighted by molar-refractivity contribution is 0.0742. The molecule has 1 saturated heterocycles. The molecule has 2 aromatic heterocycles. The zero-order chi connectivity index (χ0) is 20.7. The van der Waals surface area contributed by atoms with Crippen molar-refractivity contribution in [1.29, 1.82) is 0 Å². The maximum atomic E-state index is 13.2. The molecule has 4 aromatic rings. The molecule has 0 radical (unpaired) electrons. The van der Waals surface area contributed by atoms with E-state index in [0.717, 1.165) is 35.0 Å². The summed E-state index contributed by atoms with van der Waals surface area (Å²) in [5.74, 6) is -0.0542. The van der Waals surface area contributed by atoms with E-state index in [1.807, 2.05) is 22.0 Å². The van der Waals surface area contributed by atoms with Crippen LogP contribution >= 0.6 is 0 Å². The van der Waals surface area contributed by atoms with E-state index in [1.54, 1.807) is 18.3 Å². The molecule has 3 heterocycles. The van der Waals surface area contributed by atoms with Gasteiger partial charge in [-0.05, 0) is 61.2 Å². The van der Waals surface area contributed by atoms with Gasteiger partial charge in [-0.25, -0.2) is 4.39 Å². The van der Waals surface area contributed by atoms with Gasteiger partial charge in [0.05, 0.1) is 17.9 Å². The van der Waals surface area contributed by atoms with Gasteiger partial charge < -0.3 is 4.90 Å². The Balaban J connectivity index is 1.32. The number of benzene rings is 2. The Labute approximate surface area is 173 Å². The number of halogens is 1. The number of aromatic nitrogens is 4. The average molecular weight is 403 g/mol. The fourth-order valence-corrected chi connectivity index (χ4v) is 4.38. The SMILES string of the molecule is C[C@H]1C[C@@H](Cn2ncc3cc(-c4cn[nH]c4)ccc32)CN1C(=O)c1ccc(F)cc1. The number of aromatic amines is 1. The molecule has 1 fully saturated rings. The summed E-state index contributed by atoms with van der Waals surface area (Å²) in [6, 6.07) is 12.2. The summed E-state index contributed by atoms with van der Waals surface area (Å²) in [5, 5.41) is 12.5. The van der Waals surface area contributed by atoms with Crippen molar-refractivity contribution in [3.05, 3.63) is 72.4 Å². The van der Waals surface area contributed by atoms with Gasteiger partial charge in [0.15, 0.2) is 0 Å². The first kappa shape index (κ1) is 18.5. The predicted octanol–water partition coefficient (Wildman–Crippen LogP) is 4.12. The zero-order valence-electron chi connectivity index (χ0n) is 16.6. The number of nitrogens with zero attached hydrogens (tertiary/aromatic N) is 4. The highest BCUT2D eigenvalue weighted by molar-refractivity contribution is 5.94. The summed E-state index contributed by atoms with van der Waals surface area (Å²) in [7, 11) is 0. The first-order valence-corrected chi connectivity index (χ1v) is 10.1. The largest absolute Gasteiger partial charge is 0.336 e. The second-order valence-corrected chi connectivity index (χ2v) is 8.00. The molecule has 0 unspecified atom stereocenters. The van der Waals surface area contributed by atoms with Crippen LogP contribution in [0.1, 0.15) is 23.7 Å². The van der Waals surface area contributed by atoms with Crippen molar-refractivity contribution < 1.29 is 9.18 Å². The lowest BCUT2D eigenvalue weighted by atomic mass is 10.1. The normalized spacial score (nSPS) is 18.9. The van der Waals surface area contributed by atoms with Crippen molar-refractivity contribution in [1.82, 2.24) is 24.9 Å². The molecule has 5 rings (SSSR count). The molecule has 0 bridgehead atoms. The molecule has 1 N–H and O–H groups in total. The highest BCUT2D eigenvalue weighted by atomic mass is 19.1. The number of hydrogen-bond donors (Lipinski definition) is 1. The molecule has 0 aliphatic carbocycles. The standard InChI is InChI=1S/C23H22FN5O/c1-15-8-16(13-28(15)23(30)17-2-5-21(24)6-3-17)14-29-22-7-4-18(9-19(22)12-27-29)20-10-25-26-11-20/h2-7,9-12,15-16H,8,13-14H2,1H3,(H,25,26)/t15-,16+/m0/s1. The van der Waals surface area contributed by atoms with Crippen LogP contribution in [-0.4, -0.2) is 43.4 Å². The van der Waals surface area contributed by atoms with Gasteiger partial charge in [-0.2, -0.15) is 10.2 Å². The lowest BCUT2D eigenvalue weighted by Gasteiger charge is -2.21. The summed E-state index contributed by atoms with van der Waals surface area (Å²) in [6.45, 7) is 3.50. The molecule has 2 aromatic carbocycles. The minimum Gasteiger partial charge on any atom is -0.336 e. The third kappa shape index (κ3) is 3.36. The second kappa shape index (κ2) is 7.40. The van der Waals surface area contributed by atoms with E-state index < -0.39 is 0 Å². The van der Waals surface area contributed by atoms with Gasteiger partial charge in [0, 0.05) is 41.8 Å². The van der Waals surface area contributed by atoms with Gasteiger partial charge in [0.25, 0.3) is 5.91 Å². The van der Waals surface area contributed by atoms with Crippen LogP contribution in [0, 0.1) is 11.7 Å². The van der Waals surface area contributed by atoms with Crippen molar-refractivity contribution in [2.45, 2.75) is 25.9 Å². The van der Waals surface area contributed by atoms with Crippen LogP contribution in [0.5, 0.6) is 0 Å². The fraction of sp³-hybridized carbons (Fsp3) is 0.261. The smallest absolute Gasteiger partial charge is 0.254 e. The summed E-state index contributed by atoms with van der Waals surface area (Å²) in [6.07, 6.45) is 6.48. The van der Waals surface area contributed by atoms with Crippen LogP contribution in [-0.2, 0) is 6.54 Å². The Morgan fingerprint density at radius 2 is 2.00 bits per heavy atom. The Morgan fingerprint density at radius 3 is 2.77 bits per heavy atom. The van der Waals surface area contributed by atoms with Crippen molar-refractivity contribution in [3.63, 3.8) is 0 Å². The van der Waals surface area contributed by atoms with E-state index in [2.05, 4.69) is 40.4 Å². The van der Waals surface area contributed by atoms with Crippen molar-refractivity contribution in [3.8, 4) is 11.1 Å². The number of rotatable bonds is 4. The third-order valence-electron chi connectivity index (χ3n) is 5.92. The zero-order valence-corrected chi connectivity index (χ0v) is 16.6. The highest BCUT2D eigenvalue weighted by Crippen LogP contribution is 2.28. The molecule has 6 nitrogen and oxygen atoms in total. The van der Waals surface area contributed by atoms with E-state index in [-0.39, 0.29) is 17.8 Å². The monoisotopic (exact) mass is 403 g/mol. The molecule has 0 saturated carbocycles. The first-order chi connectivity index (χ1) is 14.6. The van der Waals surface area contributed by atoms with E-state index in [4.69, 9.17) is 0 Å². The number of likely N-dealkylation sites (tertiary alicyclic amines) is 1. The predicted molar refractivity (Wildman–Crippen MR) is 112 cm³/mol. The molecule has 152 valence electrons. The van der Waals surface area contributed by atoms with Gasteiger partial charge in [-0.15, -0.1) is 0 Å². The Hall–Kier alpha value is -3.48. The fourth-order valence-electron chi connectivity index (χ4n) is 4.38. The van der Waals surface area contributed by atoms with Crippen molar-refractivity contribution in [2.24, 2.45) is 5.92 Å². The van der Waals surface area contributed by atoms with Crippen LogP contribution in [0.2, 0.25) is 0 Å². The number of hydrogen-bond acceptors (Lipinski definition) is 3. The van der Waals surface area contributed by atoms with Crippen LogP contribution in [0.25, 0.3) is 22.0 Å². The van der Waals surface area contributed by atoms with Gasteiger partial charge in [-0.3, -0.25) is 14.6 Å². The van der Waals surface area contributed by atoms with Gasteiger partial charge in [0.2, 0.25) is 0 Å². The van der Waals surface area contributed by atoms with Gasteiger partial charge >= 0.3 is 0 Å². The summed E-state index contributed by atoms with van der Waals surface area (Å²) in [4.78, 5) is 14.7. The number of carbonyl (C=O) groups is 1. The molecular weight excluding hydrogens is 381 g/mol. The minimum absolute atomic E-state index is 0.0416. The maximum absolute atomic E-state index is 13.2. The third-order valence-corrected chi connectivity index (χ3v) is 5.92. The minimum atomic E-state index is -0.333. The summed E-state index contributed by atoms with van der Waals surface area (Å²) >= 11 is 0. The number of amides is 1. The number of carbonyl (C=O) groups excluding carboxylic acids is 1. The second-order valence-electron chi connectivity index (χ2n) is 8.00. The molecule has 7 heteroatoms. The van der Waals surface area contributed by atoms with E-state index in [0.29, 0.717) is 18.0 Å². The van der Waals surface area contributed by atoms with E-state index in [1.165, 1.54) is 12.1 Å². The van der Waals surface area contributed by atoms with Crippen molar-refractivity contribution in [2.75, 3.05) is 6.54 Å². The van der Waals surface area contributed by atoms with Crippen LogP contribution in [0.4, 0.5) is 4.39 Å². The van der Waals surface area contributed by atoms with Crippen LogP contribution < -0.4 is 0 Å². The summed E-state index contributed by atoms with van der Waals surface area (Å²) < 4.78 is 15.2.